The molecule has 0 aromatic heterocycles. The van der Waals surface area contributed by atoms with E-state index in [1.807, 2.05) is 29.2 Å². The summed E-state index contributed by atoms with van der Waals surface area (Å²) in [6.45, 7) is 2.94. The molecule has 2 aromatic rings. The first kappa shape index (κ1) is 15.9. The second-order valence-electron chi connectivity index (χ2n) is 5.69. The normalized spacial score (nSPS) is 15.7. The summed E-state index contributed by atoms with van der Waals surface area (Å²) in [5, 5.41) is 0.0274. The molecular weight excluding hydrogens is 306 g/mol. The lowest BCUT2D eigenvalue weighted by molar-refractivity contribution is -0.128. The van der Waals surface area contributed by atoms with E-state index in [1.54, 1.807) is 18.9 Å². The molecule has 3 nitrogen and oxygen atoms in total. The maximum atomic E-state index is 12.3. The Morgan fingerprint density at radius 1 is 1.13 bits per heavy atom. The molecule has 1 atom stereocenters. The van der Waals surface area contributed by atoms with E-state index in [1.165, 1.54) is 11.1 Å². The highest BCUT2D eigenvalue weighted by molar-refractivity contribution is 7.99. The number of hydrogen-bond donors (Lipinski definition) is 0. The van der Waals surface area contributed by atoms with Crippen molar-refractivity contribution in [2.24, 2.45) is 0 Å². The van der Waals surface area contributed by atoms with Crippen LogP contribution in [0.5, 0.6) is 5.75 Å². The van der Waals surface area contributed by atoms with Gasteiger partial charge in [0.1, 0.15) is 11.1 Å². The molecule has 0 bridgehead atoms. The highest BCUT2D eigenvalue weighted by atomic mass is 32.2. The quantitative estimate of drug-likeness (QED) is 0.762. The molecule has 1 heterocycles. The average Bonchev–Trinajstić information content (AvgIpc) is 3.00. The van der Waals surface area contributed by atoms with E-state index < -0.39 is 0 Å². The van der Waals surface area contributed by atoms with Gasteiger partial charge < -0.3 is 9.64 Å². The molecule has 120 valence electrons. The highest BCUT2D eigenvalue weighted by Crippen LogP contribution is 2.41. The predicted molar refractivity (Wildman–Crippen MR) is 93.7 cm³/mol. The van der Waals surface area contributed by atoms with E-state index in [4.69, 9.17) is 4.74 Å². The number of benzene rings is 2. The largest absolute Gasteiger partial charge is 0.497 e. The predicted octanol–water partition coefficient (Wildman–Crippen LogP) is 4.42. The molecule has 0 N–H and O–H groups in total. The van der Waals surface area contributed by atoms with Gasteiger partial charge in [-0.25, -0.2) is 0 Å². The van der Waals surface area contributed by atoms with Crippen molar-refractivity contribution in [3.63, 3.8) is 0 Å². The molecule has 0 spiro atoms. The van der Waals surface area contributed by atoms with Gasteiger partial charge >= 0.3 is 0 Å². The summed E-state index contributed by atoms with van der Waals surface area (Å²) in [6.07, 6.45) is 1.61. The fourth-order valence-electron chi connectivity index (χ4n) is 2.86. The number of aryl methyl sites for hydroxylation is 1. The SMILES string of the molecule is COc1ccc(SC(c2ccccc2C)N2CCCC2=O)cc1. The number of ether oxygens (including phenoxy) is 1. The molecule has 0 aliphatic carbocycles. The van der Waals surface area contributed by atoms with Crippen LogP contribution in [0.1, 0.15) is 29.3 Å². The zero-order valence-corrected chi connectivity index (χ0v) is 14.3. The summed E-state index contributed by atoms with van der Waals surface area (Å²) >= 11 is 1.73. The minimum Gasteiger partial charge on any atom is -0.497 e. The summed E-state index contributed by atoms with van der Waals surface area (Å²) in [7, 11) is 1.67. The van der Waals surface area contributed by atoms with E-state index in [2.05, 4.69) is 31.2 Å². The maximum absolute atomic E-state index is 12.3. The molecule has 1 aliphatic rings. The molecule has 0 saturated carbocycles. The number of hydrogen-bond acceptors (Lipinski definition) is 3. The van der Waals surface area contributed by atoms with E-state index in [-0.39, 0.29) is 11.3 Å². The average molecular weight is 327 g/mol. The summed E-state index contributed by atoms with van der Waals surface area (Å²) in [5.41, 5.74) is 2.43. The minimum absolute atomic E-state index is 0.0274. The number of carbonyl (C=O) groups is 1. The van der Waals surface area contributed by atoms with E-state index in [9.17, 15) is 4.79 Å². The lowest BCUT2D eigenvalue weighted by Gasteiger charge is -2.29. The first-order valence-corrected chi connectivity index (χ1v) is 8.72. The van der Waals surface area contributed by atoms with Crippen molar-refractivity contribution in [1.29, 1.82) is 0 Å². The van der Waals surface area contributed by atoms with Gasteiger partial charge in [-0.15, -0.1) is 0 Å². The van der Waals surface area contributed by atoms with Gasteiger partial charge in [-0.3, -0.25) is 4.79 Å². The summed E-state index contributed by atoms with van der Waals surface area (Å²) in [4.78, 5) is 15.4. The van der Waals surface area contributed by atoms with Gasteiger partial charge in [0, 0.05) is 17.9 Å². The van der Waals surface area contributed by atoms with Gasteiger partial charge in [0.25, 0.3) is 0 Å². The Balaban J connectivity index is 1.91. The topological polar surface area (TPSA) is 29.5 Å². The second kappa shape index (κ2) is 7.09. The monoisotopic (exact) mass is 327 g/mol. The van der Waals surface area contributed by atoms with Crippen LogP contribution >= 0.6 is 11.8 Å². The van der Waals surface area contributed by atoms with Crippen molar-refractivity contribution >= 4 is 17.7 Å². The fraction of sp³-hybridized carbons (Fsp3) is 0.316. The smallest absolute Gasteiger partial charge is 0.223 e. The fourth-order valence-corrected chi connectivity index (χ4v) is 4.15. The molecule has 1 fully saturated rings. The molecule has 1 saturated heterocycles. The Labute approximate surface area is 141 Å². The van der Waals surface area contributed by atoms with Crippen molar-refractivity contribution in [2.75, 3.05) is 13.7 Å². The Kier molecular flexibility index (Phi) is 4.91. The third-order valence-electron chi connectivity index (χ3n) is 4.15. The molecule has 1 amide bonds. The Morgan fingerprint density at radius 2 is 1.87 bits per heavy atom. The number of amides is 1. The van der Waals surface area contributed by atoms with Crippen LogP contribution < -0.4 is 4.74 Å². The number of likely N-dealkylation sites (tertiary alicyclic amines) is 1. The van der Waals surface area contributed by atoms with Crippen LogP contribution in [0.15, 0.2) is 53.4 Å². The summed E-state index contributed by atoms with van der Waals surface area (Å²) in [6, 6.07) is 16.3. The zero-order chi connectivity index (χ0) is 16.2. The number of carbonyl (C=O) groups excluding carboxylic acids is 1. The molecule has 1 aliphatic heterocycles. The number of methoxy groups -OCH3 is 1. The standard InChI is InChI=1S/C19H21NO2S/c1-14-6-3-4-7-17(14)19(20-13-5-8-18(20)21)23-16-11-9-15(22-2)10-12-16/h3-4,6-7,9-12,19H,5,8,13H2,1-2H3. The first-order valence-electron chi connectivity index (χ1n) is 7.85. The molecule has 2 aromatic carbocycles. The van der Waals surface area contributed by atoms with Crippen molar-refractivity contribution in [3.05, 3.63) is 59.7 Å². The van der Waals surface area contributed by atoms with Gasteiger partial charge in [-0.2, -0.15) is 0 Å². The third kappa shape index (κ3) is 3.53. The number of rotatable bonds is 5. The molecule has 4 heteroatoms. The van der Waals surface area contributed by atoms with Gasteiger partial charge in [0.15, 0.2) is 0 Å². The van der Waals surface area contributed by atoms with E-state index in [0.29, 0.717) is 6.42 Å². The van der Waals surface area contributed by atoms with Crippen LogP contribution in [0.4, 0.5) is 0 Å². The van der Waals surface area contributed by atoms with Crippen LogP contribution in [-0.2, 0) is 4.79 Å². The van der Waals surface area contributed by atoms with Gasteiger partial charge in [-0.05, 0) is 48.7 Å². The lowest BCUT2D eigenvalue weighted by atomic mass is 10.1. The maximum Gasteiger partial charge on any atom is 0.223 e. The van der Waals surface area contributed by atoms with Crippen molar-refractivity contribution in [2.45, 2.75) is 30.0 Å². The lowest BCUT2D eigenvalue weighted by Crippen LogP contribution is -2.28. The van der Waals surface area contributed by atoms with Crippen LogP contribution in [0.3, 0.4) is 0 Å². The van der Waals surface area contributed by atoms with Crippen molar-refractivity contribution in [3.8, 4) is 5.75 Å². The summed E-state index contributed by atoms with van der Waals surface area (Å²) < 4.78 is 5.22. The number of thioether (sulfide) groups is 1. The molecule has 23 heavy (non-hydrogen) atoms. The third-order valence-corrected chi connectivity index (χ3v) is 5.43. The molecule has 3 rings (SSSR count). The second-order valence-corrected chi connectivity index (χ2v) is 6.85. The van der Waals surface area contributed by atoms with Gasteiger partial charge in [0.2, 0.25) is 5.91 Å². The van der Waals surface area contributed by atoms with Crippen LogP contribution in [-0.4, -0.2) is 24.5 Å². The van der Waals surface area contributed by atoms with Crippen LogP contribution in [0.2, 0.25) is 0 Å². The molecule has 0 radical (unpaired) electrons. The Hall–Kier alpha value is -1.94. The van der Waals surface area contributed by atoms with Crippen molar-refractivity contribution in [1.82, 2.24) is 4.90 Å². The van der Waals surface area contributed by atoms with Crippen LogP contribution in [0.25, 0.3) is 0 Å². The zero-order valence-electron chi connectivity index (χ0n) is 13.5. The first-order chi connectivity index (χ1) is 11.2. The minimum atomic E-state index is 0.0274. The van der Waals surface area contributed by atoms with E-state index in [0.717, 1.165) is 23.6 Å². The van der Waals surface area contributed by atoms with Gasteiger partial charge in [0.05, 0.1) is 7.11 Å². The van der Waals surface area contributed by atoms with E-state index >= 15 is 0 Å². The number of nitrogens with zero attached hydrogens (tertiary/aromatic N) is 1. The summed E-state index contributed by atoms with van der Waals surface area (Å²) in [5.74, 6) is 1.10. The van der Waals surface area contributed by atoms with Crippen molar-refractivity contribution < 1.29 is 9.53 Å². The molecular formula is C19H21NO2S. The Morgan fingerprint density at radius 3 is 2.48 bits per heavy atom. The van der Waals surface area contributed by atoms with Crippen LogP contribution in [0, 0.1) is 6.92 Å². The van der Waals surface area contributed by atoms with Gasteiger partial charge in [-0.1, -0.05) is 36.0 Å². The Bertz CT molecular complexity index is 684. The molecule has 1 unspecified atom stereocenters. The highest BCUT2D eigenvalue weighted by Gasteiger charge is 2.30.